The van der Waals surface area contributed by atoms with Crippen LogP contribution >= 0.6 is 0 Å². The molecule has 0 radical (unpaired) electrons. The maximum absolute atomic E-state index is 11.6. The SMILES string of the molecule is CCCCCCC[C@@H](OC(C)=O)c1cccc(CO[Si](C)(C)C(C)(C)C)c1. The van der Waals surface area contributed by atoms with Gasteiger partial charge in [-0.3, -0.25) is 4.79 Å². The minimum absolute atomic E-state index is 0.156. The van der Waals surface area contributed by atoms with E-state index in [2.05, 4.69) is 59.0 Å². The molecule has 0 aliphatic carbocycles. The quantitative estimate of drug-likeness (QED) is 0.227. The van der Waals surface area contributed by atoms with Crippen molar-refractivity contribution in [1.82, 2.24) is 0 Å². The molecule has 0 unspecified atom stereocenters. The average Bonchev–Trinajstić information content (AvgIpc) is 2.58. The summed E-state index contributed by atoms with van der Waals surface area (Å²) in [4.78, 5) is 11.6. The van der Waals surface area contributed by atoms with Crippen LogP contribution in [0.2, 0.25) is 18.1 Å². The van der Waals surface area contributed by atoms with Crippen molar-refractivity contribution in [2.24, 2.45) is 0 Å². The van der Waals surface area contributed by atoms with Crippen LogP contribution in [0.1, 0.15) is 90.4 Å². The molecule has 4 heteroatoms. The van der Waals surface area contributed by atoms with Crippen molar-refractivity contribution in [2.75, 3.05) is 0 Å². The van der Waals surface area contributed by atoms with Crippen LogP contribution in [0.15, 0.2) is 24.3 Å². The summed E-state index contributed by atoms with van der Waals surface area (Å²) < 4.78 is 12.0. The molecule has 0 N–H and O–H groups in total. The Morgan fingerprint density at radius 2 is 1.78 bits per heavy atom. The molecule has 0 amide bonds. The third kappa shape index (κ3) is 8.61. The van der Waals surface area contributed by atoms with Gasteiger partial charge in [0.05, 0.1) is 6.61 Å². The maximum Gasteiger partial charge on any atom is 0.303 e. The lowest BCUT2D eigenvalue weighted by Gasteiger charge is -2.36. The van der Waals surface area contributed by atoms with E-state index in [1.54, 1.807) is 0 Å². The van der Waals surface area contributed by atoms with E-state index in [0.717, 1.165) is 24.0 Å². The number of esters is 1. The number of hydrogen-bond acceptors (Lipinski definition) is 3. The van der Waals surface area contributed by atoms with Gasteiger partial charge < -0.3 is 9.16 Å². The Bertz CT molecular complexity index is 575. The van der Waals surface area contributed by atoms with Gasteiger partial charge in [0, 0.05) is 6.92 Å². The van der Waals surface area contributed by atoms with Crippen molar-refractivity contribution in [3.63, 3.8) is 0 Å². The zero-order valence-electron chi connectivity index (χ0n) is 18.6. The molecule has 0 bridgehead atoms. The summed E-state index contributed by atoms with van der Waals surface area (Å²) in [5, 5.41) is 0.198. The highest BCUT2D eigenvalue weighted by Crippen LogP contribution is 2.37. The molecule has 1 rings (SSSR count). The first-order valence-electron chi connectivity index (χ1n) is 10.5. The number of carbonyl (C=O) groups excluding carboxylic acids is 1. The van der Waals surface area contributed by atoms with Crippen molar-refractivity contribution in [1.29, 1.82) is 0 Å². The maximum atomic E-state index is 11.6. The highest BCUT2D eigenvalue weighted by atomic mass is 28.4. The van der Waals surface area contributed by atoms with Gasteiger partial charge in [-0.2, -0.15) is 0 Å². The van der Waals surface area contributed by atoms with Gasteiger partial charge in [0.25, 0.3) is 0 Å². The van der Waals surface area contributed by atoms with Gasteiger partial charge in [-0.25, -0.2) is 0 Å². The largest absolute Gasteiger partial charge is 0.458 e. The highest BCUT2D eigenvalue weighted by molar-refractivity contribution is 6.74. The van der Waals surface area contributed by atoms with E-state index < -0.39 is 8.32 Å². The number of hydrogen-bond donors (Lipinski definition) is 0. The van der Waals surface area contributed by atoms with Crippen LogP contribution in [0.5, 0.6) is 0 Å². The van der Waals surface area contributed by atoms with Crippen LogP contribution in [0.25, 0.3) is 0 Å². The Labute approximate surface area is 168 Å². The Morgan fingerprint density at radius 3 is 2.37 bits per heavy atom. The zero-order chi connectivity index (χ0) is 20.5. The van der Waals surface area contributed by atoms with E-state index >= 15 is 0 Å². The molecule has 0 heterocycles. The third-order valence-electron chi connectivity index (χ3n) is 5.61. The number of benzene rings is 1. The molecule has 0 aromatic heterocycles. The molecular weight excluding hydrogens is 352 g/mol. The number of unbranched alkanes of at least 4 members (excludes halogenated alkanes) is 4. The van der Waals surface area contributed by atoms with Gasteiger partial charge in [0.1, 0.15) is 6.10 Å². The van der Waals surface area contributed by atoms with Gasteiger partial charge in [-0.1, -0.05) is 71.6 Å². The van der Waals surface area contributed by atoms with Crippen LogP contribution in [0, 0.1) is 0 Å². The summed E-state index contributed by atoms with van der Waals surface area (Å²) in [5.41, 5.74) is 2.23. The smallest absolute Gasteiger partial charge is 0.303 e. The highest BCUT2D eigenvalue weighted by Gasteiger charge is 2.37. The predicted molar refractivity (Wildman–Crippen MR) is 116 cm³/mol. The Hall–Kier alpha value is -1.13. The van der Waals surface area contributed by atoms with Crippen LogP contribution in [-0.4, -0.2) is 14.3 Å². The van der Waals surface area contributed by atoms with Crippen molar-refractivity contribution >= 4 is 14.3 Å². The molecule has 27 heavy (non-hydrogen) atoms. The van der Waals surface area contributed by atoms with Gasteiger partial charge in [-0.15, -0.1) is 0 Å². The molecule has 154 valence electrons. The standard InChI is InChI=1S/C23H40O3Si/c1-8-9-10-11-12-16-22(26-19(2)24)21-15-13-14-20(17-21)18-25-27(6,7)23(3,4)5/h13-15,17,22H,8-12,16,18H2,1-7H3/t22-/m1/s1. The van der Waals surface area contributed by atoms with Gasteiger partial charge >= 0.3 is 5.97 Å². The lowest BCUT2D eigenvalue weighted by atomic mass is 10.0. The molecule has 0 spiro atoms. The second kappa shape index (κ2) is 11.0. The summed E-state index contributed by atoms with van der Waals surface area (Å²) in [6.45, 7) is 15.6. The molecule has 0 aliphatic rings. The van der Waals surface area contributed by atoms with E-state index in [1.165, 1.54) is 32.6 Å². The fourth-order valence-electron chi connectivity index (χ4n) is 2.79. The first-order chi connectivity index (χ1) is 12.6. The lowest BCUT2D eigenvalue weighted by Crippen LogP contribution is -2.40. The second-order valence-electron chi connectivity index (χ2n) is 9.09. The molecule has 3 nitrogen and oxygen atoms in total. The third-order valence-corrected chi connectivity index (χ3v) is 10.1. The van der Waals surface area contributed by atoms with E-state index in [1.807, 2.05) is 6.07 Å². The van der Waals surface area contributed by atoms with Gasteiger partial charge in [0.15, 0.2) is 8.32 Å². The van der Waals surface area contributed by atoms with Crippen LogP contribution in [0.4, 0.5) is 0 Å². The zero-order valence-corrected chi connectivity index (χ0v) is 19.6. The predicted octanol–water partition coefficient (Wildman–Crippen LogP) is 7.17. The number of ether oxygens (including phenoxy) is 1. The minimum atomic E-state index is -1.78. The monoisotopic (exact) mass is 392 g/mol. The van der Waals surface area contributed by atoms with Crippen LogP contribution in [-0.2, 0) is 20.6 Å². The molecular formula is C23H40O3Si. The summed E-state index contributed by atoms with van der Waals surface area (Å²) in [7, 11) is -1.78. The van der Waals surface area contributed by atoms with Gasteiger partial charge in [0.2, 0.25) is 0 Å². The lowest BCUT2D eigenvalue weighted by molar-refractivity contribution is -0.147. The first-order valence-corrected chi connectivity index (χ1v) is 13.4. The average molecular weight is 393 g/mol. The molecule has 0 saturated heterocycles. The molecule has 0 aliphatic heterocycles. The topological polar surface area (TPSA) is 35.5 Å². The second-order valence-corrected chi connectivity index (χ2v) is 13.9. The molecule has 0 saturated carbocycles. The van der Waals surface area contributed by atoms with Crippen molar-refractivity contribution < 1.29 is 14.0 Å². The number of carbonyl (C=O) groups is 1. The summed E-state index contributed by atoms with van der Waals surface area (Å²) in [6, 6.07) is 8.36. The van der Waals surface area contributed by atoms with Crippen LogP contribution < -0.4 is 0 Å². The first kappa shape index (κ1) is 23.9. The molecule has 1 atom stereocenters. The van der Waals surface area contributed by atoms with E-state index in [4.69, 9.17) is 9.16 Å². The summed E-state index contributed by atoms with van der Waals surface area (Å²) in [6.07, 6.45) is 6.78. The molecule has 1 aromatic rings. The Kier molecular flexibility index (Phi) is 9.75. The Morgan fingerprint density at radius 1 is 1.11 bits per heavy atom. The Balaban J connectivity index is 2.77. The fourth-order valence-corrected chi connectivity index (χ4v) is 3.75. The fraction of sp³-hybridized carbons (Fsp3) is 0.696. The van der Waals surface area contributed by atoms with Crippen molar-refractivity contribution in [3.8, 4) is 0 Å². The van der Waals surface area contributed by atoms with Crippen molar-refractivity contribution in [2.45, 2.75) is 104 Å². The van der Waals surface area contributed by atoms with E-state index in [0.29, 0.717) is 6.61 Å². The van der Waals surface area contributed by atoms with E-state index in [9.17, 15) is 4.79 Å². The van der Waals surface area contributed by atoms with Crippen LogP contribution in [0.3, 0.4) is 0 Å². The number of rotatable bonds is 11. The molecule has 1 aromatic carbocycles. The van der Waals surface area contributed by atoms with Crippen molar-refractivity contribution in [3.05, 3.63) is 35.4 Å². The normalized spacial score (nSPS) is 13.4. The summed E-state index contributed by atoms with van der Waals surface area (Å²) in [5.74, 6) is -0.212. The molecule has 0 fully saturated rings. The summed E-state index contributed by atoms with van der Waals surface area (Å²) >= 11 is 0. The van der Waals surface area contributed by atoms with Gasteiger partial charge in [-0.05, 0) is 48.2 Å². The van der Waals surface area contributed by atoms with E-state index in [-0.39, 0.29) is 17.1 Å². The minimum Gasteiger partial charge on any atom is -0.458 e.